The quantitative estimate of drug-likeness (QED) is 0.910. The first-order chi connectivity index (χ1) is 9.70. The highest BCUT2D eigenvalue weighted by atomic mass is 16.5. The Balaban J connectivity index is 1.66. The van der Waals surface area contributed by atoms with Gasteiger partial charge in [0.1, 0.15) is 0 Å². The average Bonchev–Trinajstić information content (AvgIpc) is 3.08. The molecule has 0 amide bonds. The van der Waals surface area contributed by atoms with Crippen LogP contribution in [0.3, 0.4) is 0 Å². The third-order valence-corrected chi connectivity index (χ3v) is 4.75. The Bertz CT molecular complexity index is 654. The molecule has 2 aliphatic rings. The van der Waals surface area contributed by atoms with Crippen molar-refractivity contribution in [2.75, 3.05) is 0 Å². The van der Waals surface area contributed by atoms with Crippen LogP contribution < -0.4 is 0 Å². The predicted octanol–water partition coefficient (Wildman–Crippen LogP) is 3.14. The molecule has 0 radical (unpaired) electrons. The topological polar surface area (TPSA) is 42.4 Å². The number of benzene rings is 1. The van der Waals surface area contributed by atoms with E-state index in [1.807, 2.05) is 25.1 Å². The van der Waals surface area contributed by atoms with E-state index in [2.05, 4.69) is 17.1 Å². The largest absolute Gasteiger partial charge is 0.388 e. The van der Waals surface area contributed by atoms with Gasteiger partial charge in [0.2, 0.25) is 0 Å². The zero-order valence-corrected chi connectivity index (χ0v) is 11.6. The Labute approximate surface area is 118 Å². The van der Waals surface area contributed by atoms with E-state index in [1.54, 1.807) is 0 Å². The summed E-state index contributed by atoms with van der Waals surface area (Å²) >= 11 is 0. The van der Waals surface area contributed by atoms with Crippen LogP contribution in [0.1, 0.15) is 36.6 Å². The van der Waals surface area contributed by atoms with Gasteiger partial charge in [-0.1, -0.05) is 12.1 Å². The van der Waals surface area contributed by atoms with Crippen LogP contribution in [0.4, 0.5) is 0 Å². The Morgan fingerprint density at radius 3 is 2.90 bits per heavy atom. The van der Waals surface area contributed by atoms with Gasteiger partial charge in [-0.05, 0) is 49.9 Å². The van der Waals surface area contributed by atoms with E-state index in [0.717, 1.165) is 41.4 Å². The first-order valence-electron chi connectivity index (χ1n) is 7.41. The highest BCUT2D eigenvalue weighted by molar-refractivity contribution is 5.79. The summed E-state index contributed by atoms with van der Waals surface area (Å²) in [5, 5.41) is 11.7. The van der Waals surface area contributed by atoms with Crippen molar-refractivity contribution in [3.63, 3.8) is 0 Å². The molecular weight excluding hydrogens is 250 g/mol. The van der Waals surface area contributed by atoms with Crippen LogP contribution in [0.25, 0.3) is 10.9 Å². The molecular formula is C17H19NO2. The van der Waals surface area contributed by atoms with E-state index in [-0.39, 0.29) is 12.0 Å². The Morgan fingerprint density at radius 1 is 1.25 bits per heavy atom. The third-order valence-electron chi connectivity index (χ3n) is 4.75. The van der Waals surface area contributed by atoms with Crippen LogP contribution >= 0.6 is 0 Å². The van der Waals surface area contributed by atoms with E-state index >= 15 is 0 Å². The van der Waals surface area contributed by atoms with Crippen molar-refractivity contribution in [1.29, 1.82) is 0 Å². The zero-order valence-electron chi connectivity index (χ0n) is 11.6. The van der Waals surface area contributed by atoms with E-state index in [9.17, 15) is 5.11 Å². The molecule has 4 unspecified atom stereocenters. The lowest BCUT2D eigenvalue weighted by molar-refractivity contribution is 0.0423. The van der Waals surface area contributed by atoms with Crippen LogP contribution in [0, 0.1) is 12.8 Å². The maximum absolute atomic E-state index is 10.7. The van der Waals surface area contributed by atoms with Gasteiger partial charge in [0.25, 0.3) is 0 Å². The second-order valence-corrected chi connectivity index (χ2v) is 6.12. The van der Waals surface area contributed by atoms with Gasteiger partial charge in [0.05, 0.1) is 23.8 Å². The maximum Gasteiger partial charge on any atom is 0.0844 e. The number of aliphatic hydroxyl groups excluding tert-OH is 1. The standard InChI is InChI=1S/C17H19NO2/c1-10-2-3-11-8-12(4-6-15(11)18-10)17(19)14-9-13-5-7-16(14)20-13/h2-4,6,8,13-14,16-17,19H,5,7,9H2,1H3. The molecule has 104 valence electrons. The first kappa shape index (κ1) is 12.3. The van der Waals surface area contributed by atoms with Crippen LogP contribution in [0.5, 0.6) is 0 Å². The minimum absolute atomic E-state index is 0.252. The second kappa shape index (κ2) is 4.54. The Hall–Kier alpha value is -1.45. The van der Waals surface area contributed by atoms with Crippen molar-refractivity contribution in [1.82, 2.24) is 4.98 Å². The van der Waals surface area contributed by atoms with E-state index < -0.39 is 6.10 Å². The molecule has 0 aliphatic carbocycles. The van der Waals surface area contributed by atoms with Crippen molar-refractivity contribution in [2.45, 2.75) is 44.5 Å². The van der Waals surface area contributed by atoms with Crippen LogP contribution in [0.15, 0.2) is 30.3 Å². The fourth-order valence-electron chi connectivity index (χ4n) is 3.69. The van der Waals surface area contributed by atoms with Gasteiger partial charge >= 0.3 is 0 Å². The fourth-order valence-corrected chi connectivity index (χ4v) is 3.69. The normalized spacial score (nSPS) is 30.0. The summed E-state index contributed by atoms with van der Waals surface area (Å²) < 4.78 is 5.86. The molecule has 0 spiro atoms. The van der Waals surface area contributed by atoms with Crippen LogP contribution in [-0.4, -0.2) is 22.3 Å². The van der Waals surface area contributed by atoms with Gasteiger partial charge in [-0.3, -0.25) is 4.98 Å². The summed E-state index contributed by atoms with van der Waals surface area (Å²) in [6.07, 6.45) is 3.47. The molecule has 0 saturated carbocycles. The minimum Gasteiger partial charge on any atom is -0.388 e. The minimum atomic E-state index is -0.420. The van der Waals surface area contributed by atoms with E-state index in [1.165, 1.54) is 0 Å². The number of nitrogens with zero attached hydrogens (tertiary/aromatic N) is 1. The van der Waals surface area contributed by atoms with Crippen molar-refractivity contribution in [3.8, 4) is 0 Å². The smallest absolute Gasteiger partial charge is 0.0844 e. The van der Waals surface area contributed by atoms with Crippen molar-refractivity contribution < 1.29 is 9.84 Å². The average molecular weight is 269 g/mol. The van der Waals surface area contributed by atoms with Gasteiger partial charge in [-0.2, -0.15) is 0 Å². The highest BCUT2D eigenvalue weighted by Crippen LogP contribution is 2.44. The summed E-state index contributed by atoms with van der Waals surface area (Å²) in [5.41, 5.74) is 3.00. The molecule has 1 N–H and O–H groups in total. The second-order valence-electron chi connectivity index (χ2n) is 6.12. The van der Waals surface area contributed by atoms with Gasteiger partial charge < -0.3 is 9.84 Å². The molecule has 3 heterocycles. The molecule has 2 aliphatic heterocycles. The number of aryl methyl sites for hydroxylation is 1. The zero-order chi connectivity index (χ0) is 13.7. The molecule has 3 nitrogen and oxygen atoms in total. The lowest BCUT2D eigenvalue weighted by atomic mass is 9.82. The van der Waals surface area contributed by atoms with Crippen molar-refractivity contribution in [2.24, 2.45) is 5.92 Å². The summed E-state index contributed by atoms with van der Waals surface area (Å²) in [7, 11) is 0. The fraction of sp³-hybridized carbons (Fsp3) is 0.471. The van der Waals surface area contributed by atoms with E-state index in [4.69, 9.17) is 4.74 Å². The number of pyridine rings is 1. The van der Waals surface area contributed by atoms with Gasteiger partial charge in [0, 0.05) is 17.0 Å². The van der Waals surface area contributed by atoms with Crippen LogP contribution in [0.2, 0.25) is 0 Å². The number of aromatic nitrogens is 1. The lowest BCUT2D eigenvalue weighted by Crippen LogP contribution is -2.23. The van der Waals surface area contributed by atoms with Crippen molar-refractivity contribution in [3.05, 3.63) is 41.6 Å². The molecule has 1 aromatic heterocycles. The molecule has 2 fully saturated rings. The number of hydrogen-bond acceptors (Lipinski definition) is 3. The number of aliphatic hydroxyl groups is 1. The van der Waals surface area contributed by atoms with Crippen LogP contribution in [-0.2, 0) is 4.74 Å². The number of fused-ring (bicyclic) bond motifs is 3. The molecule has 2 saturated heterocycles. The molecule has 2 bridgehead atoms. The molecule has 1 aromatic carbocycles. The maximum atomic E-state index is 10.7. The summed E-state index contributed by atoms with van der Waals surface area (Å²) in [5.74, 6) is 0.254. The molecule has 4 atom stereocenters. The number of hydrogen-bond donors (Lipinski definition) is 1. The monoisotopic (exact) mass is 269 g/mol. The Kier molecular flexibility index (Phi) is 2.79. The highest BCUT2D eigenvalue weighted by Gasteiger charge is 2.44. The summed E-state index contributed by atoms with van der Waals surface area (Å²) in [6.45, 7) is 1.99. The SMILES string of the molecule is Cc1ccc2cc(C(O)C3CC4CCC3O4)ccc2n1. The molecule has 4 rings (SSSR count). The summed E-state index contributed by atoms with van der Waals surface area (Å²) in [6, 6.07) is 10.2. The number of rotatable bonds is 2. The Morgan fingerprint density at radius 2 is 2.15 bits per heavy atom. The van der Waals surface area contributed by atoms with E-state index in [0.29, 0.717) is 6.10 Å². The first-order valence-corrected chi connectivity index (χ1v) is 7.41. The predicted molar refractivity (Wildman–Crippen MR) is 77.4 cm³/mol. The third kappa shape index (κ3) is 1.93. The van der Waals surface area contributed by atoms with Gasteiger partial charge in [0.15, 0.2) is 0 Å². The summed E-state index contributed by atoms with van der Waals surface area (Å²) in [4.78, 5) is 4.51. The number of ether oxygens (including phenoxy) is 1. The molecule has 2 aromatic rings. The molecule has 20 heavy (non-hydrogen) atoms. The molecule has 3 heteroatoms. The van der Waals surface area contributed by atoms with Gasteiger partial charge in [-0.15, -0.1) is 0 Å². The lowest BCUT2D eigenvalue weighted by Gasteiger charge is -2.24. The van der Waals surface area contributed by atoms with Gasteiger partial charge in [-0.25, -0.2) is 0 Å². The van der Waals surface area contributed by atoms with Crippen molar-refractivity contribution >= 4 is 10.9 Å².